The lowest BCUT2D eigenvalue weighted by Crippen LogP contribution is -2.62. The van der Waals surface area contributed by atoms with E-state index in [0.717, 1.165) is 69.1 Å². The van der Waals surface area contributed by atoms with Crippen molar-refractivity contribution in [3.63, 3.8) is 0 Å². The van der Waals surface area contributed by atoms with Crippen molar-refractivity contribution >= 4 is 34.4 Å². The van der Waals surface area contributed by atoms with Gasteiger partial charge < -0.3 is 19.4 Å². The second kappa shape index (κ2) is 17.5. The summed E-state index contributed by atoms with van der Waals surface area (Å²) in [5, 5.41) is 5.34. The number of piperazine rings is 1. The quantitative estimate of drug-likeness (QED) is 0.137. The standard InChI is InChI=1S/C41H55ClN6O4/c1-44(2)23-10-9-15-36(45(3)33-18-20-41(21-19-33)22-24-46(30-41)28-31-11-5-4-6-12-31)39(49)48-26-25-47(29-34(48)27-43-51)40(50)52-37-17-16-32-13-7-8-14-35(32)38(37)42/h4-8,11-14,16-17,33-34,36H,9-10,15,18-30H2,1-3H3/t33?,34-,36-,41?/m1/s1. The number of likely N-dealkylation sites (N-methyl/N-ethyl adjacent to an activating group) is 1. The number of hydrogen-bond acceptors (Lipinski definition) is 8. The topological polar surface area (TPSA) is 89.0 Å². The molecule has 0 aromatic heterocycles. The zero-order valence-corrected chi connectivity index (χ0v) is 31.8. The Kier molecular flexibility index (Phi) is 12.8. The van der Waals surface area contributed by atoms with Crippen molar-refractivity contribution in [2.45, 2.75) is 76.0 Å². The third kappa shape index (κ3) is 9.13. The van der Waals surface area contributed by atoms with Gasteiger partial charge in [0.1, 0.15) is 6.54 Å². The molecule has 2 amide bonds. The van der Waals surface area contributed by atoms with Gasteiger partial charge in [-0.15, -0.1) is 0 Å². The number of carbonyl (C=O) groups is 2. The van der Waals surface area contributed by atoms with E-state index in [-0.39, 0.29) is 30.8 Å². The van der Waals surface area contributed by atoms with Gasteiger partial charge in [0.05, 0.1) is 17.1 Å². The first kappa shape index (κ1) is 38.2. The van der Waals surface area contributed by atoms with Gasteiger partial charge in [-0.2, -0.15) is 4.91 Å². The molecule has 2 heterocycles. The minimum atomic E-state index is -0.553. The number of amides is 2. The van der Waals surface area contributed by atoms with Crippen LogP contribution in [0.5, 0.6) is 5.75 Å². The minimum absolute atomic E-state index is 0.0294. The van der Waals surface area contributed by atoms with Crippen molar-refractivity contribution in [1.29, 1.82) is 0 Å². The number of hydrogen-bond donors (Lipinski definition) is 0. The number of unbranched alkanes of at least 4 members (excludes halogenated alkanes) is 1. The van der Waals surface area contributed by atoms with E-state index in [1.165, 1.54) is 24.8 Å². The summed E-state index contributed by atoms with van der Waals surface area (Å²) in [6.07, 6.45) is 7.88. The number of fused-ring (bicyclic) bond motifs is 1. The fourth-order valence-corrected chi connectivity index (χ4v) is 9.03. The molecule has 0 radical (unpaired) electrons. The molecule has 2 atom stereocenters. The maximum absolute atomic E-state index is 14.6. The summed E-state index contributed by atoms with van der Waals surface area (Å²) in [6, 6.07) is 21.5. The highest BCUT2D eigenvalue weighted by Crippen LogP contribution is 2.45. The van der Waals surface area contributed by atoms with Gasteiger partial charge in [0.15, 0.2) is 5.75 Å². The smallest absolute Gasteiger partial charge is 0.409 e. The molecule has 3 aromatic carbocycles. The van der Waals surface area contributed by atoms with Crippen LogP contribution in [-0.4, -0.2) is 122 Å². The highest BCUT2D eigenvalue weighted by atomic mass is 35.5. The van der Waals surface area contributed by atoms with E-state index >= 15 is 0 Å². The molecular weight excluding hydrogens is 676 g/mol. The zero-order chi connectivity index (χ0) is 36.7. The molecule has 3 aromatic rings. The van der Waals surface area contributed by atoms with Gasteiger partial charge >= 0.3 is 6.09 Å². The van der Waals surface area contributed by atoms with E-state index in [0.29, 0.717) is 29.6 Å². The first-order valence-electron chi connectivity index (χ1n) is 19.0. The van der Waals surface area contributed by atoms with Crippen LogP contribution in [0.15, 0.2) is 71.9 Å². The summed E-state index contributed by atoms with van der Waals surface area (Å²) in [5.74, 6) is 0.311. The predicted octanol–water partition coefficient (Wildman–Crippen LogP) is 7.14. The number of ether oxygens (including phenoxy) is 1. The van der Waals surface area contributed by atoms with Crippen molar-refractivity contribution in [3.8, 4) is 5.75 Å². The van der Waals surface area contributed by atoms with E-state index < -0.39 is 12.1 Å². The Morgan fingerprint density at radius 2 is 1.69 bits per heavy atom. The van der Waals surface area contributed by atoms with Crippen LogP contribution in [0.3, 0.4) is 0 Å². The summed E-state index contributed by atoms with van der Waals surface area (Å²) < 4.78 is 5.77. The molecule has 1 spiro atoms. The number of halogens is 1. The second-order valence-electron chi connectivity index (χ2n) is 15.6. The average Bonchev–Trinajstić information content (AvgIpc) is 3.54. The molecule has 2 aliphatic heterocycles. The lowest BCUT2D eigenvalue weighted by molar-refractivity contribution is -0.142. The van der Waals surface area contributed by atoms with Crippen LogP contribution in [-0.2, 0) is 11.3 Å². The molecule has 1 saturated carbocycles. The van der Waals surface area contributed by atoms with Gasteiger partial charge in [-0.05, 0) is 102 Å². The largest absolute Gasteiger partial charge is 0.415 e. The molecule has 10 nitrogen and oxygen atoms in total. The number of carbonyl (C=O) groups excluding carboxylic acids is 2. The van der Waals surface area contributed by atoms with Crippen LogP contribution >= 0.6 is 11.6 Å². The minimum Gasteiger partial charge on any atom is -0.409 e. The Hall–Kier alpha value is -3.57. The lowest BCUT2D eigenvalue weighted by atomic mass is 9.71. The van der Waals surface area contributed by atoms with Crippen molar-refractivity contribution in [1.82, 2.24) is 24.5 Å². The molecule has 3 fully saturated rings. The van der Waals surface area contributed by atoms with Crippen LogP contribution in [0.2, 0.25) is 5.02 Å². The first-order valence-corrected chi connectivity index (χ1v) is 19.4. The van der Waals surface area contributed by atoms with Crippen molar-refractivity contribution in [2.75, 3.05) is 67.0 Å². The molecule has 3 aliphatic rings. The van der Waals surface area contributed by atoms with Crippen LogP contribution in [0.1, 0.15) is 56.9 Å². The Morgan fingerprint density at radius 1 is 0.942 bits per heavy atom. The highest BCUT2D eigenvalue weighted by Gasteiger charge is 2.44. The summed E-state index contributed by atoms with van der Waals surface area (Å²) in [4.78, 5) is 50.2. The van der Waals surface area contributed by atoms with Crippen LogP contribution < -0.4 is 4.74 Å². The molecule has 6 rings (SSSR count). The number of nitroso groups, excluding NO2 is 1. The SMILES string of the molecule is CN(C)CCCC[C@H](C(=O)N1CCN(C(=O)Oc2ccc3ccccc3c2Cl)C[C@H]1CN=O)N(C)C1CCC2(CC1)CCN(Cc1ccccc1)C2. The van der Waals surface area contributed by atoms with E-state index in [2.05, 4.69) is 71.4 Å². The van der Waals surface area contributed by atoms with E-state index in [4.69, 9.17) is 16.3 Å². The van der Waals surface area contributed by atoms with Crippen LogP contribution in [0, 0.1) is 10.3 Å². The Morgan fingerprint density at radius 3 is 2.44 bits per heavy atom. The van der Waals surface area contributed by atoms with Gasteiger partial charge in [0.25, 0.3) is 0 Å². The number of nitrogens with zero attached hydrogens (tertiary/aromatic N) is 6. The van der Waals surface area contributed by atoms with Gasteiger partial charge in [-0.3, -0.25) is 14.6 Å². The van der Waals surface area contributed by atoms with E-state index in [1.54, 1.807) is 11.0 Å². The number of rotatable bonds is 13. The molecule has 11 heteroatoms. The monoisotopic (exact) mass is 730 g/mol. The fraction of sp³-hybridized carbons (Fsp3) is 0.561. The fourth-order valence-electron chi connectivity index (χ4n) is 8.75. The Bertz CT molecular complexity index is 1670. The summed E-state index contributed by atoms with van der Waals surface area (Å²) in [5.41, 5.74) is 1.74. The molecule has 0 N–H and O–H groups in total. The van der Waals surface area contributed by atoms with E-state index in [9.17, 15) is 14.5 Å². The summed E-state index contributed by atoms with van der Waals surface area (Å²) >= 11 is 6.62. The maximum atomic E-state index is 14.6. The first-order chi connectivity index (χ1) is 25.2. The van der Waals surface area contributed by atoms with Crippen molar-refractivity contribution in [2.24, 2.45) is 10.6 Å². The van der Waals surface area contributed by atoms with Crippen molar-refractivity contribution in [3.05, 3.63) is 82.2 Å². The normalized spacial score (nSPS) is 23.1. The van der Waals surface area contributed by atoms with Gasteiger partial charge in [0.2, 0.25) is 5.91 Å². The third-order valence-electron chi connectivity index (χ3n) is 11.8. The Labute approximate surface area is 314 Å². The lowest BCUT2D eigenvalue weighted by Gasteiger charge is -2.46. The number of benzene rings is 3. The van der Waals surface area contributed by atoms with Gasteiger partial charge in [-0.25, -0.2) is 4.79 Å². The predicted molar refractivity (Wildman–Crippen MR) is 208 cm³/mol. The molecule has 280 valence electrons. The van der Waals surface area contributed by atoms with Gasteiger partial charge in [0, 0.05) is 44.2 Å². The zero-order valence-electron chi connectivity index (χ0n) is 31.1. The van der Waals surface area contributed by atoms with E-state index in [1.807, 2.05) is 35.2 Å². The summed E-state index contributed by atoms with van der Waals surface area (Å²) in [7, 11) is 6.28. The van der Waals surface area contributed by atoms with Crippen molar-refractivity contribution < 1.29 is 14.3 Å². The molecular formula is C41H55ClN6O4. The molecule has 0 unspecified atom stereocenters. The van der Waals surface area contributed by atoms with Gasteiger partial charge in [-0.1, -0.05) is 83.9 Å². The second-order valence-corrected chi connectivity index (χ2v) is 15.9. The Balaban J connectivity index is 1.09. The third-order valence-corrected chi connectivity index (χ3v) is 12.2. The molecule has 2 saturated heterocycles. The summed E-state index contributed by atoms with van der Waals surface area (Å²) in [6.45, 7) is 4.96. The average molecular weight is 731 g/mol. The molecule has 0 bridgehead atoms. The van der Waals surface area contributed by atoms with Crippen LogP contribution in [0.4, 0.5) is 4.79 Å². The van der Waals surface area contributed by atoms with Crippen LogP contribution in [0.25, 0.3) is 10.8 Å². The molecule has 1 aliphatic carbocycles. The highest BCUT2D eigenvalue weighted by molar-refractivity contribution is 6.37. The molecule has 52 heavy (non-hydrogen) atoms. The number of likely N-dealkylation sites (tertiary alicyclic amines) is 1. The maximum Gasteiger partial charge on any atom is 0.415 e.